The van der Waals surface area contributed by atoms with Gasteiger partial charge in [0.05, 0.1) is 6.61 Å². The van der Waals surface area contributed by atoms with E-state index in [2.05, 4.69) is 51.6 Å². The van der Waals surface area contributed by atoms with Gasteiger partial charge in [0.2, 0.25) is 0 Å². The first kappa shape index (κ1) is 17.9. The van der Waals surface area contributed by atoms with Crippen LogP contribution in [0.4, 0.5) is 0 Å². The number of nitrogens with one attached hydrogen (secondary N) is 2. The quantitative estimate of drug-likeness (QED) is 0.550. The molecule has 0 aliphatic heterocycles. The Labute approximate surface area is 144 Å². The van der Waals surface area contributed by atoms with E-state index in [-0.39, 0.29) is 0 Å². The van der Waals surface area contributed by atoms with Crippen LogP contribution in [-0.4, -0.2) is 37.3 Å². The zero-order valence-electron chi connectivity index (χ0n) is 14.7. The summed E-state index contributed by atoms with van der Waals surface area (Å²) in [6.45, 7) is 5.47. The van der Waals surface area contributed by atoms with Gasteiger partial charge >= 0.3 is 0 Å². The lowest BCUT2D eigenvalue weighted by Crippen LogP contribution is -2.39. The third-order valence-corrected chi connectivity index (χ3v) is 3.63. The Morgan fingerprint density at radius 1 is 1.12 bits per heavy atom. The minimum Gasteiger partial charge on any atom is -0.494 e. The fourth-order valence-corrected chi connectivity index (χ4v) is 2.38. The van der Waals surface area contributed by atoms with Crippen molar-refractivity contribution in [3.05, 3.63) is 54.4 Å². The van der Waals surface area contributed by atoms with Crippen LogP contribution in [0.3, 0.4) is 0 Å². The molecule has 2 N–H and O–H groups in total. The van der Waals surface area contributed by atoms with Gasteiger partial charge in [0.25, 0.3) is 0 Å². The molecule has 2 rings (SSSR count). The van der Waals surface area contributed by atoms with Crippen LogP contribution in [0.2, 0.25) is 0 Å². The normalized spacial score (nSPS) is 11.3. The smallest absolute Gasteiger partial charge is 0.191 e. The zero-order chi connectivity index (χ0) is 17.0. The Hall–Kier alpha value is -2.43. The fraction of sp³-hybridized carbons (Fsp3) is 0.421. The van der Waals surface area contributed by atoms with Gasteiger partial charge in [-0.05, 0) is 42.7 Å². The van der Waals surface area contributed by atoms with Crippen molar-refractivity contribution < 1.29 is 4.74 Å². The van der Waals surface area contributed by atoms with Crippen LogP contribution in [0.25, 0.3) is 0 Å². The van der Waals surface area contributed by atoms with Gasteiger partial charge < -0.3 is 19.9 Å². The number of guanidine groups is 1. The van der Waals surface area contributed by atoms with E-state index in [4.69, 9.17) is 4.74 Å². The summed E-state index contributed by atoms with van der Waals surface area (Å²) >= 11 is 0. The maximum Gasteiger partial charge on any atom is 0.191 e. The van der Waals surface area contributed by atoms with E-state index in [1.807, 2.05) is 24.3 Å². The summed E-state index contributed by atoms with van der Waals surface area (Å²) in [6.07, 6.45) is 6.08. The minimum atomic E-state index is 0.764. The lowest BCUT2D eigenvalue weighted by atomic mass is 10.1. The van der Waals surface area contributed by atoms with E-state index >= 15 is 0 Å². The van der Waals surface area contributed by atoms with Crippen LogP contribution in [0.5, 0.6) is 5.75 Å². The Balaban J connectivity index is 1.69. The first-order chi connectivity index (χ1) is 11.8. The summed E-state index contributed by atoms with van der Waals surface area (Å²) in [6, 6.07) is 12.4. The molecule has 2 aromatic rings. The molecule has 0 aliphatic rings. The summed E-state index contributed by atoms with van der Waals surface area (Å²) in [5.41, 5.74) is 1.26. The van der Waals surface area contributed by atoms with Crippen LogP contribution in [0.1, 0.15) is 18.9 Å². The van der Waals surface area contributed by atoms with Crippen LogP contribution in [0.15, 0.2) is 53.8 Å². The molecule has 24 heavy (non-hydrogen) atoms. The van der Waals surface area contributed by atoms with E-state index < -0.39 is 0 Å². The maximum absolute atomic E-state index is 5.67. The van der Waals surface area contributed by atoms with Crippen molar-refractivity contribution >= 4 is 5.96 Å². The van der Waals surface area contributed by atoms with Crippen molar-refractivity contribution in [2.24, 2.45) is 4.99 Å². The van der Waals surface area contributed by atoms with Gasteiger partial charge in [-0.25, -0.2) is 0 Å². The standard InChI is InChI=1S/C19H28N4O/c1-3-15-24-18-8-6-7-17(16-18)9-10-21-19(20-2)22-11-14-23-12-4-5-13-23/h4-8,12-13,16H,3,9-11,14-15H2,1-2H3,(H2,20,21,22). The number of benzene rings is 1. The molecule has 0 atom stereocenters. The maximum atomic E-state index is 5.67. The van der Waals surface area contributed by atoms with E-state index in [1.54, 1.807) is 7.05 Å². The summed E-state index contributed by atoms with van der Waals surface area (Å²) < 4.78 is 7.82. The van der Waals surface area contributed by atoms with Gasteiger partial charge in [-0.3, -0.25) is 4.99 Å². The highest BCUT2D eigenvalue weighted by Crippen LogP contribution is 2.13. The van der Waals surface area contributed by atoms with Crippen molar-refractivity contribution in [1.29, 1.82) is 0 Å². The molecule has 0 radical (unpaired) electrons. The van der Waals surface area contributed by atoms with Gasteiger partial charge in [0, 0.05) is 39.1 Å². The molecule has 130 valence electrons. The van der Waals surface area contributed by atoms with Crippen molar-refractivity contribution in [3.63, 3.8) is 0 Å². The molecular formula is C19H28N4O. The molecule has 1 heterocycles. The fourth-order valence-electron chi connectivity index (χ4n) is 2.38. The number of hydrogen-bond acceptors (Lipinski definition) is 2. The molecule has 1 aromatic heterocycles. The molecule has 0 saturated heterocycles. The van der Waals surface area contributed by atoms with E-state index in [0.717, 1.165) is 50.8 Å². The van der Waals surface area contributed by atoms with Gasteiger partial charge in [0.15, 0.2) is 5.96 Å². The number of ether oxygens (including phenoxy) is 1. The second-order valence-electron chi connectivity index (χ2n) is 5.59. The highest BCUT2D eigenvalue weighted by molar-refractivity contribution is 5.79. The third-order valence-electron chi connectivity index (χ3n) is 3.63. The average molecular weight is 328 g/mol. The predicted molar refractivity (Wildman–Crippen MR) is 99.7 cm³/mol. The van der Waals surface area contributed by atoms with Gasteiger partial charge in [-0.2, -0.15) is 0 Å². The van der Waals surface area contributed by atoms with Crippen LogP contribution in [-0.2, 0) is 13.0 Å². The summed E-state index contributed by atoms with van der Waals surface area (Å²) in [7, 11) is 1.80. The second-order valence-corrected chi connectivity index (χ2v) is 5.59. The molecule has 1 aromatic carbocycles. The Kier molecular flexibility index (Phi) is 7.74. The summed E-state index contributed by atoms with van der Waals surface area (Å²) in [5, 5.41) is 6.68. The second kappa shape index (κ2) is 10.4. The van der Waals surface area contributed by atoms with E-state index in [1.165, 1.54) is 5.56 Å². The molecular weight excluding hydrogens is 300 g/mol. The summed E-state index contributed by atoms with van der Waals surface area (Å²) in [5.74, 6) is 1.78. The van der Waals surface area contributed by atoms with Crippen molar-refractivity contribution in [2.45, 2.75) is 26.3 Å². The monoisotopic (exact) mass is 328 g/mol. The first-order valence-corrected chi connectivity index (χ1v) is 8.59. The highest BCUT2D eigenvalue weighted by Gasteiger charge is 2.00. The molecule has 0 aliphatic carbocycles. The van der Waals surface area contributed by atoms with E-state index in [0.29, 0.717) is 0 Å². The van der Waals surface area contributed by atoms with Crippen molar-refractivity contribution in [1.82, 2.24) is 15.2 Å². The Morgan fingerprint density at radius 2 is 1.92 bits per heavy atom. The molecule has 5 heteroatoms. The molecule has 0 bridgehead atoms. The number of rotatable bonds is 9. The molecule has 0 amide bonds. The van der Waals surface area contributed by atoms with Crippen LogP contribution < -0.4 is 15.4 Å². The third kappa shape index (κ3) is 6.36. The SMILES string of the molecule is CCCOc1cccc(CCNC(=NC)NCCn2cccc2)c1. The van der Waals surface area contributed by atoms with Crippen LogP contribution >= 0.6 is 0 Å². The average Bonchev–Trinajstić information content (AvgIpc) is 3.12. The topological polar surface area (TPSA) is 50.6 Å². The molecule has 0 unspecified atom stereocenters. The summed E-state index contributed by atoms with van der Waals surface area (Å²) in [4.78, 5) is 4.26. The number of hydrogen-bond donors (Lipinski definition) is 2. The first-order valence-electron chi connectivity index (χ1n) is 8.59. The van der Waals surface area contributed by atoms with E-state index in [9.17, 15) is 0 Å². The highest BCUT2D eigenvalue weighted by atomic mass is 16.5. The number of aromatic nitrogens is 1. The van der Waals surface area contributed by atoms with Gasteiger partial charge in [0.1, 0.15) is 5.75 Å². The zero-order valence-corrected chi connectivity index (χ0v) is 14.7. The van der Waals surface area contributed by atoms with Gasteiger partial charge in [-0.1, -0.05) is 19.1 Å². The predicted octanol–water partition coefficient (Wildman–Crippen LogP) is 2.68. The lowest BCUT2D eigenvalue weighted by molar-refractivity contribution is 0.317. The van der Waals surface area contributed by atoms with Gasteiger partial charge in [-0.15, -0.1) is 0 Å². The molecule has 0 saturated carbocycles. The lowest BCUT2D eigenvalue weighted by Gasteiger charge is -2.12. The number of nitrogens with zero attached hydrogens (tertiary/aromatic N) is 2. The van der Waals surface area contributed by atoms with Crippen molar-refractivity contribution in [3.8, 4) is 5.75 Å². The van der Waals surface area contributed by atoms with Crippen molar-refractivity contribution in [2.75, 3.05) is 26.7 Å². The number of aliphatic imine (C=N–C) groups is 1. The largest absolute Gasteiger partial charge is 0.494 e. The Morgan fingerprint density at radius 3 is 2.67 bits per heavy atom. The van der Waals surface area contributed by atoms with Crippen LogP contribution in [0, 0.1) is 0 Å². The molecule has 0 fully saturated rings. The molecule has 5 nitrogen and oxygen atoms in total. The minimum absolute atomic E-state index is 0.764. The Bertz CT molecular complexity index is 608. The molecule has 0 spiro atoms.